The van der Waals surface area contributed by atoms with Crippen molar-refractivity contribution in [3.8, 4) is 5.75 Å². The van der Waals surface area contributed by atoms with Gasteiger partial charge in [-0.25, -0.2) is 0 Å². The van der Waals surface area contributed by atoms with Gasteiger partial charge in [0.2, 0.25) is 5.43 Å². The molecule has 5 nitrogen and oxygen atoms in total. The monoisotopic (exact) mass is 416 g/mol. The highest BCUT2D eigenvalue weighted by molar-refractivity contribution is 6.31. The van der Waals surface area contributed by atoms with E-state index < -0.39 is 0 Å². The van der Waals surface area contributed by atoms with Crippen molar-refractivity contribution >= 4 is 23.2 Å². The number of hydrogen-bond acceptors (Lipinski definition) is 3. The maximum Gasteiger partial charge on any atom is 0.261 e. The van der Waals surface area contributed by atoms with Crippen LogP contribution in [0.15, 0.2) is 16.9 Å². The lowest BCUT2D eigenvalue weighted by molar-refractivity contribution is 0.102. The van der Waals surface area contributed by atoms with Gasteiger partial charge in [0, 0.05) is 23.6 Å². The Balaban J connectivity index is 2.12. The molecule has 1 aromatic carbocycles. The van der Waals surface area contributed by atoms with Gasteiger partial charge in [-0.1, -0.05) is 38.8 Å². The molecular formula is C23H29ClN2O3. The van der Waals surface area contributed by atoms with Gasteiger partial charge in [-0.2, -0.15) is 0 Å². The first kappa shape index (κ1) is 21.4. The number of halogens is 1. The number of ether oxygens (including phenoxy) is 1. The predicted molar refractivity (Wildman–Crippen MR) is 118 cm³/mol. The zero-order valence-electron chi connectivity index (χ0n) is 17.7. The van der Waals surface area contributed by atoms with Crippen LogP contribution in [-0.4, -0.2) is 17.6 Å². The third kappa shape index (κ3) is 3.93. The van der Waals surface area contributed by atoms with Crippen molar-refractivity contribution in [2.45, 2.75) is 65.8 Å². The fourth-order valence-electron chi connectivity index (χ4n) is 4.19. The van der Waals surface area contributed by atoms with Gasteiger partial charge in [-0.15, -0.1) is 0 Å². The number of carbonyl (C=O) groups excluding carboxylic acids is 1. The van der Waals surface area contributed by atoms with Crippen molar-refractivity contribution in [2.24, 2.45) is 0 Å². The van der Waals surface area contributed by atoms with Crippen LogP contribution in [0.3, 0.4) is 0 Å². The van der Waals surface area contributed by atoms with E-state index in [0.29, 0.717) is 6.42 Å². The molecule has 2 aromatic rings. The molecule has 1 aliphatic rings. The van der Waals surface area contributed by atoms with Crippen LogP contribution in [0.25, 0.3) is 0 Å². The van der Waals surface area contributed by atoms with Gasteiger partial charge in [-0.05, 0) is 55.4 Å². The summed E-state index contributed by atoms with van der Waals surface area (Å²) in [4.78, 5) is 26.4. The van der Waals surface area contributed by atoms with Crippen LogP contribution in [0.4, 0.5) is 5.69 Å². The zero-order chi connectivity index (χ0) is 21.1. The summed E-state index contributed by atoms with van der Waals surface area (Å²) in [5.74, 6) is 0.390. The Bertz CT molecular complexity index is 970. The molecule has 6 heteroatoms. The molecule has 0 atom stereocenters. The van der Waals surface area contributed by atoms with Crippen molar-refractivity contribution in [3.63, 3.8) is 0 Å². The number of methoxy groups -OCH3 is 1. The number of carbonyl (C=O) groups is 1. The third-order valence-corrected chi connectivity index (χ3v) is 6.03. The number of nitrogens with one attached hydrogen (secondary N) is 1. The summed E-state index contributed by atoms with van der Waals surface area (Å²) in [5.41, 5.74) is 4.23. The van der Waals surface area contributed by atoms with E-state index in [0.717, 1.165) is 72.6 Å². The molecule has 0 saturated carbocycles. The molecule has 0 radical (unpaired) electrons. The molecule has 2 heterocycles. The highest BCUT2D eigenvalue weighted by Gasteiger charge is 2.27. The van der Waals surface area contributed by atoms with E-state index in [1.807, 2.05) is 26.0 Å². The van der Waals surface area contributed by atoms with E-state index in [-0.39, 0.29) is 21.9 Å². The Morgan fingerprint density at radius 2 is 1.86 bits per heavy atom. The van der Waals surface area contributed by atoms with Gasteiger partial charge in [-0.3, -0.25) is 9.59 Å². The van der Waals surface area contributed by atoms with Crippen molar-refractivity contribution < 1.29 is 9.53 Å². The van der Waals surface area contributed by atoms with E-state index in [4.69, 9.17) is 16.3 Å². The molecule has 1 aromatic heterocycles. The minimum Gasteiger partial charge on any atom is -0.497 e. The van der Waals surface area contributed by atoms with Crippen molar-refractivity contribution in [2.75, 3.05) is 12.4 Å². The molecule has 0 saturated heterocycles. The summed E-state index contributed by atoms with van der Waals surface area (Å²) in [6.07, 6.45) is 4.73. The maximum absolute atomic E-state index is 13.4. The molecule has 1 N–H and O–H groups in total. The van der Waals surface area contributed by atoms with Crippen LogP contribution < -0.4 is 15.5 Å². The molecule has 29 heavy (non-hydrogen) atoms. The number of benzene rings is 1. The summed E-state index contributed by atoms with van der Waals surface area (Å²) >= 11 is 6.39. The minimum atomic E-state index is -0.378. The lowest BCUT2D eigenvalue weighted by Crippen LogP contribution is -2.29. The second-order valence-corrected chi connectivity index (χ2v) is 7.78. The Kier molecular flexibility index (Phi) is 6.68. The Labute approximate surface area is 177 Å². The van der Waals surface area contributed by atoms with E-state index in [1.54, 1.807) is 7.11 Å². The maximum atomic E-state index is 13.4. The molecule has 1 aliphatic heterocycles. The normalized spacial score (nSPS) is 12.7. The van der Waals surface area contributed by atoms with Gasteiger partial charge in [0.25, 0.3) is 5.91 Å². The average Bonchev–Trinajstić information content (AvgIpc) is 3.22. The van der Waals surface area contributed by atoms with Gasteiger partial charge < -0.3 is 14.6 Å². The molecule has 0 bridgehead atoms. The fourth-order valence-corrected chi connectivity index (χ4v) is 4.48. The second kappa shape index (κ2) is 9.04. The first-order valence-electron chi connectivity index (χ1n) is 10.4. The standard InChI is InChI=1S/C23H29ClN2O3/c1-5-9-17-19(22(27)20(24)18-10-8-11-26(17)18)23(28)25-21-14(6-2)12-16(29-4)13-15(21)7-3/h12-13H,5-11H2,1-4H3,(H,25,28). The third-order valence-electron chi connectivity index (χ3n) is 5.64. The number of nitrogens with zero attached hydrogens (tertiary/aromatic N) is 1. The smallest absolute Gasteiger partial charge is 0.261 e. The minimum absolute atomic E-state index is 0.183. The van der Waals surface area contributed by atoms with Gasteiger partial charge in [0.1, 0.15) is 16.3 Å². The number of anilines is 1. The van der Waals surface area contributed by atoms with E-state index in [2.05, 4.69) is 16.8 Å². The van der Waals surface area contributed by atoms with Crippen LogP contribution in [0, 0.1) is 0 Å². The fraction of sp³-hybridized carbons (Fsp3) is 0.478. The molecule has 156 valence electrons. The summed E-state index contributed by atoms with van der Waals surface area (Å²) in [7, 11) is 1.64. The summed E-state index contributed by atoms with van der Waals surface area (Å²) < 4.78 is 7.48. The van der Waals surface area contributed by atoms with Crippen LogP contribution in [0.2, 0.25) is 5.02 Å². The molecule has 1 amide bonds. The molecular weight excluding hydrogens is 388 g/mol. The van der Waals surface area contributed by atoms with Crippen LogP contribution in [0.5, 0.6) is 5.75 Å². The second-order valence-electron chi connectivity index (χ2n) is 7.40. The first-order chi connectivity index (χ1) is 14.0. The van der Waals surface area contributed by atoms with Crippen LogP contribution >= 0.6 is 11.6 Å². The number of aryl methyl sites for hydroxylation is 2. The zero-order valence-corrected chi connectivity index (χ0v) is 18.4. The first-order valence-corrected chi connectivity index (χ1v) is 10.8. The topological polar surface area (TPSA) is 60.3 Å². The number of fused-ring (bicyclic) bond motifs is 1. The number of rotatable bonds is 7. The molecule has 0 spiro atoms. The molecule has 0 fully saturated rings. The van der Waals surface area contributed by atoms with E-state index in [1.165, 1.54) is 0 Å². The lowest BCUT2D eigenvalue weighted by atomic mass is 10.0. The van der Waals surface area contributed by atoms with Gasteiger partial charge in [0.15, 0.2) is 0 Å². The SMILES string of the molecule is CCCc1c(C(=O)Nc2c(CC)cc(OC)cc2CC)c(=O)c(Cl)c2n1CCC2. The van der Waals surface area contributed by atoms with Gasteiger partial charge >= 0.3 is 0 Å². The van der Waals surface area contributed by atoms with Crippen molar-refractivity contribution in [1.82, 2.24) is 4.57 Å². The molecule has 3 rings (SSSR count). The summed E-state index contributed by atoms with van der Waals surface area (Å²) in [6.45, 7) is 6.92. The average molecular weight is 417 g/mol. The summed E-state index contributed by atoms with van der Waals surface area (Å²) in [6, 6.07) is 3.87. The number of aromatic nitrogens is 1. The van der Waals surface area contributed by atoms with E-state index in [9.17, 15) is 9.59 Å². The van der Waals surface area contributed by atoms with Gasteiger partial charge in [0.05, 0.1) is 7.11 Å². The Morgan fingerprint density at radius 3 is 2.41 bits per heavy atom. The quantitative estimate of drug-likeness (QED) is 0.706. The van der Waals surface area contributed by atoms with Crippen LogP contribution in [0.1, 0.15) is 66.5 Å². The molecule has 0 aliphatic carbocycles. The van der Waals surface area contributed by atoms with Crippen molar-refractivity contribution in [3.05, 3.63) is 55.5 Å². The highest BCUT2D eigenvalue weighted by Crippen LogP contribution is 2.30. The van der Waals surface area contributed by atoms with Crippen molar-refractivity contribution in [1.29, 1.82) is 0 Å². The molecule has 0 unspecified atom stereocenters. The van der Waals surface area contributed by atoms with E-state index >= 15 is 0 Å². The summed E-state index contributed by atoms with van der Waals surface area (Å²) in [5, 5.41) is 3.23. The number of hydrogen-bond donors (Lipinski definition) is 1. The van der Waals surface area contributed by atoms with Crippen LogP contribution in [-0.2, 0) is 32.2 Å². The lowest BCUT2D eigenvalue weighted by Gasteiger charge is -2.20. The Morgan fingerprint density at radius 1 is 1.21 bits per heavy atom. The number of amides is 1. The Hall–Kier alpha value is -2.27. The number of pyridine rings is 1. The predicted octanol–water partition coefficient (Wildman–Crippen LogP) is 4.79. The largest absolute Gasteiger partial charge is 0.497 e. The highest BCUT2D eigenvalue weighted by atomic mass is 35.5.